The monoisotopic (exact) mass is 900 g/mol. The highest BCUT2D eigenvalue weighted by Crippen LogP contribution is 2.30. The number of carbonyl (C=O) groups is 1. The molecule has 0 aromatic heterocycles. The van der Waals surface area contributed by atoms with Crippen LogP contribution in [0.4, 0.5) is 0 Å². The van der Waals surface area contributed by atoms with Crippen molar-refractivity contribution in [2.75, 3.05) is 19.8 Å². The van der Waals surface area contributed by atoms with Gasteiger partial charge in [0.05, 0.1) is 32.0 Å². The highest BCUT2D eigenvalue weighted by atomic mass is 16.7. The van der Waals surface area contributed by atoms with E-state index in [1.54, 1.807) is 6.08 Å². The van der Waals surface area contributed by atoms with Crippen LogP contribution in [0.3, 0.4) is 0 Å². The lowest BCUT2D eigenvalue weighted by atomic mass is 9.97. The van der Waals surface area contributed by atoms with Crippen LogP contribution >= 0.6 is 0 Å². The first kappa shape index (κ1) is 57.3. The molecule has 0 aromatic carbocycles. The largest absolute Gasteiger partial charge is 0.394 e. The molecule has 63 heavy (non-hydrogen) atoms. The molecule has 2 aliphatic heterocycles. The van der Waals surface area contributed by atoms with Crippen LogP contribution in [0.15, 0.2) is 36.5 Å². The minimum Gasteiger partial charge on any atom is -0.394 e. The smallest absolute Gasteiger partial charge is 0.220 e. The number of unbranched alkanes of at least 4 members (excludes halogenated alkanes) is 20. The third-order valence-electron chi connectivity index (χ3n) is 12.1. The molecule has 0 aliphatic carbocycles. The molecule has 2 fully saturated rings. The average molecular weight is 900 g/mol. The summed E-state index contributed by atoms with van der Waals surface area (Å²) in [6, 6.07) is -0.930. The Morgan fingerprint density at radius 3 is 1.56 bits per heavy atom. The molecule has 0 aromatic rings. The molecule has 1 amide bonds. The normalized spacial score (nSPS) is 27.8. The number of ether oxygens (including phenoxy) is 4. The van der Waals surface area contributed by atoms with E-state index in [0.29, 0.717) is 12.8 Å². The van der Waals surface area contributed by atoms with E-state index in [0.717, 1.165) is 38.5 Å². The predicted molar refractivity (Wildman–Crippen MR) is 244 cm³/mol. The summed E-state index contributed by atoms with van der Waals surface area (Å²) in [5, 5.41) is 86.0. The summed E-state index contributed by atoms with van der Waals surface area (Å²) in [5.74, 6) is -0.280. The van der Waals surface area contributed by atoms with Crippen molar-refractivity contribution in [2.45, 2.75) is 248 Å². The Morgan fingerprint density at radius 1 is 0.556 bits per heavy atom. The molecule has 368 valence electrons. The quantitative estimate of drug-likeness (QED) is 0.0261. The summed E-state index contributed by atoms with van der Waals surface area (Å²) in [5.41, 5.74) is 0. The number of hydrogen-bond donors (Lipinski definition) is 9. The van der Waals surface area contributed by atoms with E-state index in [2.05, 4.69) is 36.5 Å². The molecule has 2 heterocycles. The van der Waals surface area contributed by atoms with E-state index < -0.39 is 86.8 Å². The fourth-order valence-corrected chi connectivity index (χ4v) is 7.97. The molecular formula is C49H89NO13. The number of allylic oxidation sites excluding steroid dienone is 5. The van der Waals surface area contributed by atoms with E-state index in [-0.39, 0.29) is 18.9 Å². The first-order valence-electron chi connectivity index (χ1n) is 24.7. The number of carbonyl (C=O) groups excluding carboxylic acids is 1. The maximum Gasteiger partial charge on any atom is 0.220 e. The summed E-state index contributed by atoms with van der Waals surface area (Å²) < 4.78 is 22.5. The first-order valence-corrected chi connectivity index (χ1v) is 24.7. The van der Waals surface area contributed by atoms with E-state index in [9.17, 15) is 45.6 Å². The second-order valence-corrected chi connectivity index (χ2v) is 17.6. The van der Waals surface area contributed by atoms with Crippen molar-refractivity contribution in [3.05, 3.63) is 36.5 Å². The lowest BCUT2D eigenvalue weighted by Crippen LogP contribution is -2.65. The van der Waals surface area contributed by atoms with Gasteiger partial charge >= 0.3 is 0 Å². The summed E-state index contributed by atoms with van der Waals surface area (Å²) in [6.07, 6.45) is 24.6. The van der Waals surface area contributed by atoms with Gasteiger partial charge in [-0.1, -0.05) is 159 Å². The van der Waals surface area contributed by atoms with Gasteiger partial charge in [-0.15, -0.1) is 0 Å². The maximum absolute atomic E-state index is 12.8. The maximum atomic E-state index is 12.8. The van der Waals surface area contributed by atoms with Gasteiger partial charge in [0, 0.05) is 6.42 Å². The van der Waals surface area contributed by atoms with Crippen molar-refractivity contribution in [3.63, 3.8) is 0 Å². The number of aliphatic hydroxyl groups excluding tert-OH is 8. The fourth-order valence-electron chi connectivity index (χ4n) is 7.97. The van der Waals surface area contributed by atoms with Crippen molar-refractivity contribution in [3.8, 4) is 0 Å². The average Bonchev–Trinajstić information content (AvgIpc) is 3.28. The molecule has 14 nitrogen and oxygen atoms in total. The molecule has 0 radical (unpaired) electrons. The molecule has 0 spiro atoms. The summed E-state index contributed by atoms with van der Waals surface area (Å²) in [4.78, 5) is 12.8. The van der Waals surface area contributed by atoms with Crippen molar-refractivity contribution in [1.29, 1.82) is 0 Å². The number of aliphatic hydroxyl groups is 8. The standard InChI is InChI=1S/C49H89NO13/c1-3-5-7-8-9-10-11-12-13-14-15-16-17-18-19-20-21-22-23-24-25-26-27-28-29-31-32-38(53)37(50-41(54)33-30-6-4-2)36-60-48-46(59)44(57)47(40(35-52)62-48)63-49-45(58)43(56)42(55)39(34-51)61-49/h22-23,26-27,31-32,37-40,42-49,51-53,55-59H,3-21,24-25,28-30,33-36H2,1-2H3,(H,50,54)/b23-22+,27-26+,32-31+. The Bertz CT molecular complexity index is 1200. The molecule has 9 N–H and O–H groups in total. The van der Waals surface area contributed by atoms with Crippen molar-refractivity contribution in [1.82, 2.24) is 5.32 Å². The van der Waals surface area contributed by atoms with E-state index >= 15 is 0 Å². The van der Waals surface area contributed by atoms with Gasteiger partial charge in [0.15, 0.2) is 12.6 Å². The topological polar surface area (TPSA) is 228 Å². The number of rotatable bonds is 37. The van der Waals surface area contributed by atoms with Crippen LogP contribution in [0.25, 0.3) is 0 Å². The third kappa shape index (κ3) is 24.0. The van der Waals surface area contributed by atoms with Gasteiger partial charge in [0.25, 0.3) is 0 Å². The van der Waals surface area contributed by atoms with Crippen LogP contribution in [0, 0.1) is 0 Å². The number of hydrogen-bond acceptors (Lipinski definition) is 13. The first-order chi connectivity index (χ1) is 30.6. The Balaban J connectivity index is 1.69. The lowest BCUT2D eigenvalue weighted by molar-refractivity contribution is -0.359. The zero-order chi connectivity index (χ0) is 46.1. The Morgan fingerprint density at radius 2 is 1.02 bits per heavy atom. The molecule has 12 atom stereocenters. The Kier molecular flexibility index (Phi) is 33.1. The second kappa shape index (κ2) is 36.3. The van der Waals surface area contributed by atoms with Crippen molar-refractivity contribution >= 4 is 5.91 Å². The van der Waals surface area contributed by atoms with Crippen molar-refractivity contribution < 1.29 is 64.6 Å². The molecule has 2 rings (SSSR count). The lowest BCUT2D eigenvalue weighted by Gasteiger charge is -2.46. The molecular weight excluding hydrogens is 811 g/mol. The van der Waals surface area contributed by atoms with Gasteiger partial charge in [0.2, 0.25) is 5.91 Å². The van der Waals surface area contributed by atoms with Crippen LogP contribution < -0.4 is 5.32 Å². The Hall–Kier alpha value is -1.79. The second-order valence-electron chi connectivity index (χ2n) is 17.6. The Labute approximate surface area is 379 Å². The molecule has 0 saturated carbocycles. The zero-order valence-electron chi connectivity index (χ0n) is 38.8. The molecule has 2 saturated heterocycles. The number of amides is 1. The van der Waals surface area contributed by atoms with Crippen LogP contribution in [0.2, 0.25) is 0 Å². The predicted octanol–water partition coefficient (Wildman–Crippen LogP) is 5.93. The highest BCUT2D eigenvalue weighted by Gasteiger charge is 2.51. The molecule has 14 heteroatoms. The minimum atomic E-state index is -1.79. The van der Waals surface area contributed by atoms with Crippen LogP contribution in [0.1, 0.15) is 174 Å². The summed E-state index contributed by atoms with van der Waals surface area (Å²) >= 11 is 0. The van der Waals surface area contributed by atoms with Gasteiger partial charge in [0.1, 0.15) is 48.8 Å². The molecule has 12 unspecified atom stereocenters. The van der Waals surface area contributed by atoms with E-state index in [4.69, 9.17) is 18.9 Å². The van der Waals surface area contributed by atoms with E-state index in [1.165, 1.54) is 103 Å². The summed E-state index contributed by atoms with van der Waals surface area (Å²) in [7, 11) is 0. The third-order valence-corrected chi connectivity index (χ3v) is 12.1. The van der Waals surface area contributed by atoms with Crippen molar-refractivity contribution in [2.24, 2.45) is 0 Å². The van der Waals surface area contributed by atoms with Gasteiger partial charge in [-0.05, 0) is 44.9 Å². The van der Waals surface area contributed by atoms with E-state index in [1.807, 2.05) is 13.0 Å². The summed E-state index contributed by atoms with van der Waals surface area (Å²) in [6.45, 7) is 2.56. The number of nitrogens with one attached hydrogen (secondary N) is 1. The van der Waals surface area contributed by atoms with Crippen LogP contribution in [-0.4, -0.2) is 140 Å². The van der Waals surface area contributed by atoms with Gasteiger partial charge in [-0.2, -0.15) is 0 Å². The highest BCUT2D eigenvalue weighted by molar-refractivity contribution is 5.76. The fraction of sp³-hybridized carbons (Fsp3) is 0.857. The van der Waals surface area contributed by atoms with Crippen LogP contribution in [0.5, 0.6) is 0 Å². The van der Waals surface area contributed by atoms with Crippen LogP contribution in [-0.2, 0) is 23.7 Å². The molecule has 2 aliphatic rings. The minimum absolute atomic E-state index is 0.255. The van der Waals surface area contributed by atoms with Gasteiger partial charge in [-0.3, -0.25) is 4.79 Å². The molecule has 0 bridgehead atoms. The van der Waals surface area contributed by atoms with Gasteiger partial charge < -0.3 is 65.1 Å². The van der Waals surface area contributed by atoms with Gasteiger partial charge in [-0.25, -0.2) is 0 Å². The SMILES string of the molecule is CCCCCCCCCCCCCCCCCC/C=C/CC/C=C/CC/C=C/C(O)C(COC1OC(CO)C(OC2OC(CO)C(O)C(O)C2O)C(O)C1O)NC(=O)CCCCC. The zero-order valence-corrected chi connectivity index (χ0v) is 38.8.